The highest BCUT2D eigenvalue weighted by Crippen LogP contribution is 2.37. The van der Waals surface area contributed by atoms with E-state index in [9.17, 15) is 0 Å². The molecule has 0 N–H and O–H groups in total. The van der Waals surface area contributed by atoms with Gasteiger partial charge in [-0.3, -0.25) is 0 Å². The first kappa shape index (κ1) is 45.2. The van der Waals surface area contributed by atoms with Crippen LogP contribution in [0, 0.1) is 0 Å². The molecule has 0 saturated carbocycles. The summed E-state index contributed by atoms with van der Waals surface area (Å²) in [6, 6.07) is 75.1. The van der Waals surface area contributed by atoms with Crippen LogP contribution in [0.15, 0.2) is 305 Å². The molecule has 0 spiro atoms. The van der Waals surface area contributed by atoms with E-state index in [0.717, 1.165) is 84.9 Å². The summed E-state index contributed by atoms with van der Waals surface area (Å²) in [4.78, 5) is 4.53. The summed E-state index contributed by atoms with van der Waals surface area (Å²) in [6.45, 7) is 12.1. The Morgan fingerprint density at radius 3 is 1.68 bits per heavy atom. The van der Waals surface area contributed by atoms with E-state index in [1.54, 1.807) is 6.08 Å². The van der Waals surface area contributed by atoms with Crippen LogP contribution in [0.3, 0.4) is 0 Å². The Labute approximate surface area is 407 Å². The summed E-state index contributed by atoms with van der Waals surface area (Å²) in [5.74, 6) is 0.347. The highest BCUT2D eigenvalue weighted by atomic mass is 15.1. The van der Waals surface area contributed by atoms with E-state index in [-0.39, 0.29) is 0 Å². The van der Waals surface area contributed by atoms with Crippen LogP contribution in [0.2, 0.25) is 0 Å². The molecule has 0 aliphatic heterocycles. The maximum Gasteiger partial charge on any atom is 0.0528 e. The summed E-state index contributed by atoms with van der Waals surface area (Å²) in [5, 5.41) is 1.10. The molecule has 1 unspecified atom stereocenters. The molecule has 1 aliphatic rings. The zero-order chi connectivity index (χ0) is 47.2. The van der Waals surface area contributed by atoms with Crippen LogP contribution in [-0.4, -0.2) is 4.57 Å². The fraction of sp³-hybridized carbons (Fsp3) is 0.0303. The SMILES string of the molecule is C=C/C=C(\C=C)c1ccc(N(C2=CCC(c3ccccc3)C=C2)c2ccc(-c3ccc(-n4ccccccc5cc(/C(C=C)=C/C=C/N(c6ccccc6)c6ccccc6)ccc54)cc3)cc2)cc1. The lowest BCUT2D eigenvalue weighted by molar-refractivity contribution is 0.840. The van der Waals surface area contributed by atoms with Crippen LogP contribution in [0.5, 0.6) is 0 Å². The Morgan fingerprint density at radius 2 is 1.07 bits per heavy atom. The van der Waals surface area contributed by atoms with Gasteiger partial charge in [0.2, 0.25) is 0 Å². The Balaban J connectivity index is 0.991. The fourth-order valence-electron chi connectivity index (χ4n) is 8.83. The number of aromatic nitrogens is 1. The maximum atomic E-state index is 4.20. The topological polar surface area (TPSA) is 11.4 Å². The average molecular weight is 890 g/mol. The molecule has 69 heavy (non-hydrogen) atoms. The summed E-state index contributed by atoms with van der Waals surface area (Å²) in [5.41, 5.74) is 15.5. The van der Waals surface area contributed by atoms with E-state index in [0.29, 0.717) is 5.92 Å². The third-order valence-corrected chi connectivity index (χ3v) is 12.4. The fourth-order valence-corrected chi connectivity index (χ4v) is 8.83. The molecular weight excluding hydrogens is 835 g/mol. The van der Waals surface area contributed by atoms with Gasteiger partial charge in [0.15, 0.2) is 0 Å². The van der Waals surface area contributed by atoms with Crippen LogP contribution in [0.1, 0.15) is 29.0 Å². The molecule has 1 heterocycles. The molecule has 9 rings (SSSR count). The molecule has 0 fully saturated rings. The van der Waals surface area contributed by atoms with Gasteiger partial charge in [-0.1, -0.05) is 196 Å². The van der Waals surface area contributed by atoms with Crippen molar-refractivity contribution in [3.63, 3.8) is 0 Å². The van der Waals surface area contributed by atoms with Gasteiger partial charge in [0.25, 0.3) is 0 Å². The van der Waals surface area contributed by atoms with Gasteiger partial charge < -0.3 is 14.4 Å². The monoisotopic (exact) mass is 889 g/mol. The van der Waals surface area contributed by atoms with E-state index < -0.39 is 0 Å². The molecule has 334 valence electrons. The van der Waals surface area contributed by atoms with Crippen molar-refractivity contribution >= 4 is 44.8 Å². The van der Waals surface area contributed by atoms with Crippen LogP contribution in [0.4, 0.5) is 22.7 Å². The number of fused-ring (bicyclic) bond motifs is 1. The van der Waals surface area contributed by atoms with Crippen molar-refractivity contribution < 1.29 is 0 Å². The highest BCUT2D eigenvalue weighted by Gasteiger charge is 2.19. The third-order valence-electron chi connectivity index (χ3n) is 12.4. The molecule has 0 saturated heterocycles. The molecule has 1 atom stereocenters. The molecule has 7 aromatic carbocycles. The predicted molar refractivity (Wildman–Crippen MR) is 297 cm³/mol. The van der Waals surface area contributed by atoms with E-state index in [2.05, 4.69) is 277 Å². The Morgan fingerprint density at radius 1 is 0.522 bits per heavy atom. The lowest BCUT2D eigenvalue weighted by atomic mass is 9.91. The van der Waals surface area contributed by atoms with E-state index in [1.165, 1.54) is 5.56 Å². The summed E-state index contributed by atoms with van der Waals surface area (Å²) in [6.07, 6.45) is 23.9. The predicted octanol–water partition coefficient (Wildman–Crippen LogP) is 17.9. The van der Waals surface area contributed by atoms with Gasteiger partial charge in [-0.25, -0.2) is 0 Å². The first-order chi connectivity index (χ1) is 34.1. The summed E-state index contributed by atoms with van der Waals surface area (Å²) in [7, 11) is 0. The van der Waals surface area contributed by atoms with Gasteiger partial charge in [0.1, 0.15) is 0 Å². The Hall–Kier alpha value is -8.92. The number of rotatable bonds is 15. The van der Waals surface area contributed by atoms with E-state index in [1.807, 2.05) is 30.4 Å². The number of allylic oxidation sites excluding steroid dienone is 11. The van der Waals surface area contributed by atoms with Gasteiger partial charge in [0, 0.05) is 52.4 Å². The molecular formula is C66H55N3. The number of hydrogen-bond donors (Lipinski definition) is 0. The van der Waals surface area contributed by atoms with Gasteiger partial charge in [-0.05, 0) is 142 Å². The van der Waals surface area contributed by atoms with Crippen molar-refractivity contribution in [2.24, 2.45) is 0 Å². The van der Waals surface area contributed by atoms with Crippen LogP contribution < -0.4 is 9.80 Å². The zero-order valence-electron chi connectivity index (χ0n) is 38.8. The normalized spacial score (nSPS) is 13.6. The molecule has 8 aromatic rings. The van der Waals surface area contributed by atoms with Crippen molar-refractivity contribution in [2.75, 3.05) is 9.80 Å². The Kier molecular flexibility index (Phi) is 14.5. The van der Waals surface area contributed by atoms with Crippen molar-refractivity contribution in [3.8, 4) is 16.8 Å². The van der Waals surface area contributed by atoms with Crippen molar-refractivity contribution in [3.05, 3.63) is 322 Å². The molecule has 0 bridgehead atoms. The first-order valence-corrected chi connectivity index (χ1v) is 23.4. The molecule has 1 aromatic heterocycles. The van der Waals surface area contributed by atoms with E-state index >= 15 is 0 Å². The lowest BCUT2D eigenvalue weighted by Gasteiger charge is -2.29. The highest BCUT2D eigenvalue weighted by molar-refractivity contribution is 5.87. The smallest absolute Gasteiger partial charge is 0.0528 e. The molecule has 0 amide bonds. The second-order valence-electron chi connectivity index (χ2n) is 16.7. The number of benzene rings is 7. The minimum absolute atomic E-state index is 0.347. The maximum absolute atomic E-state index is 4.20. The molecule has 0 radical (unpaired) electrons. The van der Waals surface area contributed by atoms with Gasteiger partial charge in [-0.2, -0.15) is 0 Å². The lowest BCUT2D eigenvalue weighted by Crippen LogP contribution is -2.17. The second kappa shape index (κ2) is 22.0. The van der Waals surface area contributed by atoms with E-state index in [4.69, 9.17) is 0 Å². The first-order valence-electron chi connectivity index (χ1n) is 23.4. The van der Waals surface area contributed by atoms with Gasteiger partial charge in [-0.15, -0.1) is 0 Å². The van der Waals surface area contributed by atoms with Gasteiger partial charge in [0.05, 0.1) is 5.52 Å². The van der Waals surface area contributed by atoms with Crippen LogP contribution >= 0.6 is 0 Å². The van der Waals surface area contributed by atoms with Crippen LogP contribution in [-0.2, 0) is 0 Å². The second-order valence-corrected chi connectivity index (χ2v) is 16.7. The zero-order valence-corrected chi connectivity index (χ0v) is 38.8. The standard InChI is InChI=1S/C66H55N3/c1-4-21-51(5-2)54-32-41-63(42-33-54)69(64-43-34-55(35-44-64)53-22-13-9-14-23-53)65-45-36-57(37-46-65)56-30-39-62(40-31-56)68-48-19-8-7-12-24-59-50-58(38-47-66(59)68)52(6-3)25-20-49-67(60-26-15-10-16-27-60)61-28-17-11-18-29-61/h4-34,36-50,55H,1-3,35H2/b8-7?,24-12?,48-19?,49-20+,51-21+,52-25+. The number of nitrogens with zero attached hydrogens (tertiary/aromatic N) is 3. The third kappa shape index (κ3) is 10.7. The van der Waals surface area contributed by atoms with Crippen LogP contribution in [0.25, 0.3) is 38.9 Å². The number of para-hydroxylation sites is 2. The van der Waals surface area contributed by atoms with Crippen molar-refractivity contribution in [2.45, 2.75) is 12.3 Å². The largest absolute Gasteiger partial charge is 0.317 e. The van der Waals surface area contributed by atoms with Gasteiger partial charge >= 0.3 is 0 Å². The average Bonchev–Trinajstić information content (AvgIpc) is 3.52. The Bertz CT molecular complexity index is 3220. The minimum Gasteiger partial charge on any atom is -0.317 e. The minimum atomic E-state index is 0.347. The van der Waals surface area contributed by atoms with Crippen molar-refractivity contribution in [1.82, 2.24) is 4.57 Å². The number of anilines is 4. The summed E-state index contributed by atoms with van der Waals surface area (Å²) >= 11 is 0. The molecule has 1 aliphatic carbocycles. The molecule has 3 nitrogen and oxygen atoms in total. The molecule has 3 heteroatoms. The van der Waals surface area contributed by atoms with Crippen molar-refractivity contribution in [1.29, 1.82) is 0 Å². The summed E-state index contributed by atoms with van der Waals surface area (Å²) < 4.78 is 2.25. The quantitative estimate of drug-likeness (QED) is 0.0950. The number of hydrogen-bond acceptors (Lipinski definition) is 2.